The second-order valence-corrected chi connectivity index (χ2v) is 4.49. The van der Waals surface area contributed by atoms with Gasteiger partial charge in [-0.05, 0) is 63.7 Å². The van der Waals surface area contributed by atoms with Crippen molar-refractivity contribution in [3.05, 3.63) is 42.6 Å². The molecule has 91 valence electrons. The molecule has 0 amide bonds. The van der Waals surface area contributed by atoms with Gasteiger partial charge in [-0.3, -0.25) is 4.79 Å². The highest BCUT2D eigenvalue weighted by atomic mass is 19.1. The molecule has 0 atom stereocenters. The van der Waals surface area contributed by atoms with Gasteiger partial charge in [0, 0.05) is 11.5 Å². The molecular formula is C14H17FNO. The summed E-state index contributed by atoms with van der Waals surface area (Å²) in [5.41, 5.74) is 0.625. The number of ketones is 1. The van der Waals surface area contributed by atoms with Crippen LogP contribution >= 0.6 is 0 Å². The van der Waals surface area contributed by atoms with Crippen LogP contribution in [0, 0.1) is 18.7 Å². The summed E-state index contributed by atoms with van der Waals surface area (Å²) < 4.78 is 12.8. The van der Waals surface area contributed by atoms with Gasteiger partial charge in [0.15, 0.2) is 5.78 Å². The van der Waals surface area contributed by atoms with Gasteiger partial charge in [0.25, 0.3) is 0 Å². The fourth-order valence-electron chi connectivity index (χ4n) is 2.27. The highest BCUT2D eigenvalue weighted by molar-refractivity contribution is 5.97. The van der Waals surface area contributed by atoms with Crippen LogP contribution in [0.2, 0.25) is 0 Å². The molecular weight excluding hydrogens is 217 g/mol. The topological polar surface area (TPSA) is 20.3 Å². The molecule has 1 fully saturated rings. The van der Waals surface area contributed by atoms with Crippen molar-refractivity contribution in [2.24, 2.45) is 5.92 Å². The lowest BCUT2D eigenvalue weighted by Crippen LogP contribution is -2.36. The van der Waals surface area contributed by atoms with E-state index in [1.165, 1.54) is 12.1 Å². The normalized spacial score (nSPS) is 18.2. The maximum atomic E-state index is 12.8. The van der Waals surface area contributed by atoms with Gasteiger partial charge in [0.2, 0.25) is 0 Å². The second-order valence-electron chi connectivity index (χ2n) is 4.49. The maximum Gasteiger partial charge on any atom is 0.166 e. The zero-order chi connectivity index (χ0) is 12.3. The zero-order valence-corrected chi connectivity index (χ0v) is 9.86. The van der Waals surface area contributed by atoms with Gasteiger partial charge in [-0.2, -0.15) is 0 Å². The summed E-state index contributed by atoms with van der Waals surface area (Å²) in [5, 5.41) is 0. The number of nitrogens with zero attached hydrogens (tertiary/aromatic N) is 1. The first-order chi connectivity index (χ1) is 8.20. The number of rotatable bonds is 3. The molecule has 0 unspecified atom stereocenters. The Bertz CT molecular complexity index is 380. The van der Waals surface area contributed by atoms with E-state index in [0.717, 1.165) is 32.5 Å². The quantitative estimate of drug-likeness (QED) is 0.749. The van der Waals surface area contributed by atoms with Crippen LogP contribution in [0.15, 0.2) is 24.3 Å². The van der Waals surface area contributed by atoms with Gasteiger partial charge in [0.05, 0.1) is 0 Å². The Morgan fingerprint density at radius 3 is 2.41 bits per heavy atom. The van der Waals surface area contributed by atoms with Crippen LogP contribution in [-0.2, 0) is 0 Å². The van der Waals surface area contributed by atoms with Gasteiger partial charge in [-0.25, -0.2) is 4.39 Å². The van der Waals surface area contributed by atoms with E-state index in [4.69, 9.17) is 0 Å². The van der Waals surface area contributed by atoms with Crippen LogP contribution in [-0.4, -0.2) is 30.3 Å². The van der Waals surface area contributed by atoms with Crippen LogP contribution in [0.4, 0.5) is 4.39 Å². The van der Waals surface area contributed by atoms with Crippen LogP contribution in [0.3, 0.4) is 0 Å². The molecule has 1 heterocycles. The molecule has 0 N–H and O–H groups in total. The van der Waals surface area contributed by atoms with Crippen molar-refractivity contribution in [2.75, 3.05) is 19.6 Å². The van der Waals surface area contributed by atoms with Gasteiger partial charge in [0.1, 0.15) is 5.82 Å². The largest absolute Gasteiger partial charge is 0.303 e. The molecule has 0 aromatic heterocycles. The Hall–Kier alpha value is -1.22. The van der Waals surface area contributed by atoms with E-state index in [-0.39, 0.29) is 17.5 Å². The minimum absolute atomic E-state index is 0.0864. The van der Waals surface area contributed by atoms with Gasteiger partial charge in [-0.15, -0.1) is 0 Å². The molecule has 1 radical (unpaired) electrons. The summed E-state index contributed by atoms with van der Waals surface area (Å²) in [6.07, 6.45) is 1.76. The number of benzene rings is 1. The smallest absolute Gasteiger partial charge is 0.166 e. The summed E-state index contributed by atoms with van der Waals surface area (Å²) in [6.45, 7) is 6.51. The third-order valence-corrected chi connectivity index (χ3v) is 3.40. The highest BCUT2D eigenvalue weighted by Crippen LogP contribution is 2.21. The summed E-state index contributed by atoms with van der Waals surface area (Å²) in [5.74, 6) is -0.0644. The first-order valence-electron chi connectivity index (χ1n) is 6.02. The van der Waals surface area contributed by atoms with Crippen molar-refractivity contribution in [2.45, 2.75) is 12.8 Å². The average Bonchev–Trinajstić information content (AvgIpc) is 2.39. The van der Waals surface area contributed by atoms with E-state index >= 15 is 0 Å². The Morgan fingerprint density at radius 2 is 1.88 bits per heavy atom. The zero-order valence-electron chi connectivity index (χ0n) is 9.86. The molecule has 0 bridgehead atoms. The number of halogens is 1. The molecule has 1 aromatic rings. The molecule has 1 aliphatic rings. The predicted octanol–water partition coefficient (Wildman–Crippen LogP) is 2.55. The molecule has 2 nitrogen and oxygen atoms in total. The lowest BCUT2D eigenvalue weighted by Gasteiger charge is -2.30. The molecule has 0 saturated carbocycles. The van der Waals surface area contributed by atoms with Crippen molar-refractivity contribution in [1.82, 2.24) is 4.90 Å². The first kappa shape index (κ1) is 12.2. The molecule has 1 aliphatic heterocycles. The van der Waals surface area contributed by atoms with E-state index in [0.29, 0.717) is 5.56 Å². The molecule has 1 saturated heterocycles. The van der Waals surface area contributed by atoms with E-state index in [9.17, 15) is 9.18 Å². The number of carbonyl (C=O) groups is 1. The summed E-state index contributed by atoms with van der Waals surface area (Å²) in [7, 11) is 0. The number of carbonyl (C=O) groups excluding carboxylic acids is 1. The number of Topliss-reactive ketones (excluding diaryl/α,β-unsaturated/α-hetero) is 1. The van der Waals surface area contributed by atoms with Crippen molar-refractivity contribution in [3.8, 4) is 0 Å². The second kappa shape index (κ2) is 5.41. The molecule has 3 heteroatoms. The van der Waals surface area contributed by atoms with Crippen molar-refractivity contribution in [3.63, 3.8) is 0 Å². The van der Waals surface area contributed by atoms with Crippen molar-refractivity contribution >= 4 is 5.78 Å². The maximum absolute atomic E-state index is 12.8. The highest BCUT2D eigenvalue weighted by Gasteiger charge is 2.24. The van der Waals surface area contributed by atoms with E-state index in [1.54, 1.807) is 12.1 Å². The summed E-state index contributed by atoms with van der Waals surface area (Å²) >= 11 is 0. The summed E-state index contributed by atoms with van der Waals surface area (Å²) in [4.78, 5) is 14.4. The van der Waals surface area contributed by atoms with Crippen molar-refractivity contribution < 1.29 is 9.18 Å². The minimum Gasteiger partial charge on any atom is -0.303 e. The molecule has 2 rings (SSSR count). The van der Waals surface area contributed by atoms with E-state index < -0.39 is 0 Å². The Kier molecular flexibility index (Phi) is 3.89. The fourth-order valence-corrected chi connectivity index (χ4v) is 2.27. The Morgan fingerprint density at radius 1 is 1.29 bits per heavy atom. The van der Waals surface area contributed by atoms with E-state index in [2.05, 4.69) is 11.8 Å². The molecule has 0 aliphatic carbocycles. The van der Waals surface area contributed by atoms with Crippen LogP contribution < -0.4 is 0 Å². The Balaban J connectivity index is 1.99. The number of hydrogen-bond acceptors (Lipinski definition) is 2. The first-order valence-corrected chi connectivity index (χ1v) is 6.02. The lowest BCUT2D eigenvalue weighted by atomic mass is 9.89. The minimum atomic E-state index is -0.298. The monoisotopic (exact) mass is 234 g/mol. The van der Waals surface area contributed by atoms with Crippen molar-refractivity contribution in [1.29, 1.82) is 0 Å². The number of piperidine rings is 1. The number of hydrogen-bond donors (Lipinski definition) is 0. The van der Waals surface area contributed by atoms with E-state index in [1.807, 2.05) is 0 Å². The molecule has 1 aromatic carbocycles. The van der Waals surface area contributed by atoms with Gasteiger partial charge in [-0.1, -0.05) is 0 Å². The third kappa shape index (κ3) is 2.91. The predicted molar refractivity (Wildman–Crippen MR) is 65.3 cm³/mol. The van der Waals surface area contributed by atoms with Crippen LogP contribution in [0.1, 0.15) is 23.2 Å². The van der Waals surface area contributed by atoms with Crippen LogP contribution in [0.25, 0.3) is 0 Å². The fraction of sp³-hybridized carbons (Fsp3) is 0.429. The van der Waals surface area contributed by atoms with Crippen LogP contribution in [0.5, 0.6) is 0 Å². The lowest BCUT2D eigenvalue weighted by molar-refractivity contribution is 0.0848. The molecule has 17 heavy (non-hydrogen) atoms. The molecule has 0 spiro atoms. The standard InChI is InChI=1S/C14H17FNO/c1-2-16-9-7-12(8-10-16)14(17)11-3-5-13(15)6-4-11/h3-6,12H,1-2,7-10H2. The van der Waals surface area contributed by atoms with Gasteiger partial charge >= 0.3 is 0 Å². The Labute approximate surface area is 101 Å². The SMILES string of the molecule is [CH2]CN1CCC(C(=O)c2ccc(F)cc2)CC1. The van der Waals surface area contributed by atoms with Gasteiger partial charge < -0.3 is 4.90 Å². The third-order valence-electron chi connectivity index (χ3n) is 3.40. The number of likely N-dealkylation sites (tertiary alicyclic amines) is 1. The summed E-state index contributed by atoms with van der Waals surface area (Å²) in [6, 6.07) is 5.84. The average molecular weight is 234 g/mol.